The maximum Gasteiger partial charge on any atom is 0.234 e. The molecule has 0 aliphatic carbocycles. The van der Waals surface area contributed by atoms with Gasteiger partial charge in [0.05, 0.1) is 0 Å². The van der Waals surface area contributed by atoms with Crippen molar-refractivity contribution in [3.05, 3.63) is 136 Å². The van der Waals surface area contributed by atoms with Crippen molar-refractivity contribution in [2.45, 2.75) is 0 Å². The van der Waals surface area contributed by atoms with Crippen molar-refractivity contribution in [2.75, 3.05) is 0 Å². The van der Waals surface area contributed by atoms with Crippen molar-refractivity contribution in [1.29, 1.82) is 0 Å². The Kier molecular flexibility index (Phi) is 5.03. The van der Waals surface area contributed by atoms with Crippen LogP contribution in [0.2, 0.25) is 0 Å². The van der Waals surface area contributed by atoms with Gasteiger partial charge in [0.15, 0.2) is 33.8 Å². The number of aldehydes is 1. The number of hydrogen-bond acceptors (Lipinski definition) is 7. The lowest BCUT2D eigenvalue weighted by molar-refractivity contribution is 0.103. The zero-order valence-corrected chi connectivity index (χ0v) is 19.4. The molecule has 0 unspecified atom stereocenters. The molecule has 179 valence electrons. The van der Waals surface area contributed by atoms with Crippen LogP contribution in [0, 0.1) is 0 Å². The summed E-state index contributed by atoms with van der Waals surface area (Å²) in [6.45, 7) is 0. The predicted octanol–water partition coefficient (Wildman–Crippen LogP) is 3.12. The van der Waals surface area contributed by atoms with Gasteiger partial charge < -0.3 is 0 Å². The molecule has 6 aromatic rings. The monoisotopic (exact) mass is 497 g/mol. The molecule has 38 heavy (non-hydrogen) atoms. The Bertz CT molecular complexity index is 2270. The van der Waals surface area contributed by atoms with E-state index in [0.29, 0.717) is 0 Å². The Morgan fingerprint density at radius 1 is 0.579 bits per heavy atom. The highest BCUT2D eigenvalue weighted by Gasteiger charge is 2.29. The number of hydrogen-bond donors (Lipinski definition) is 0. The van der Waals surface area contributed by atoms with Crippen LogP contribution in [-0.2, 0) is 4.79 Å². The summed E-state index contributed by atoms with van der Waals surface area (Å²) in [5.41, 5.74) is -4.24. The van der Waals surface area contributed by atoms with Gasteiger partial charge >= 0.3 is 0 Å². The lowest BCUT2D eigenvalue weighted by Gasteiger charge is -2.14. The van der Waals surface area contributed by atoms with E-state index in [1.165, 1.54) is 54.6 Å². The molecule has 0 amide bonds. The number of ketones is 1. The van der Waals surface area contributed by atoms with Crippen molar-refractivity contribution >= 4 is 61.4 Å². The fourth-order valence-corrected chi connectivity index (χ4v) is 5.24. The summed E-state index contributed by atoms with van der Waals surface area (Å²) in [5, 5.41) is -1.64. The second-order valence-electron chi connectivity index (χ2n) is 8.79. The SMILES string of the molecule is O=[C]c1ccccc1C(=O)c1c(C=O)c2c(=O)c3ccccc3c(=O)c2c2c(=O)c3ccccc3c(=O)c12. The van der Waals surface area contributed by atoms with Crippen LogP contribution in [0.5, 0.6) is 0 Å². The average molecular weight is 497 g/mol. The van der Waals surface area contributed by atoms with Gasteiger partial charge in [0, 0.05) is 65.3 Å². The molecule has 0 saturated heterocycles. The fraction of sp³-hybridized carbons (Fsp3) is 0. The molecule has 6 aromatic carbocycles. The van der Waals surface area contributed by atoms with Crippen molar-refractivity contribution in [3.8, 4) is 0 Å². The molecule has 0 aliphatic heterocycles. The van der Waals surface area contributed by atoms with Crippen LogP contribution >= 0.6 is 0 Å². The summed E-state index contributed by atoms with van der Waals surface area (Å²) in [4.78, 5) is 93.3. The maximum absolute atomic E-state index is 14.0. The number of fused-ring (bicyclic) bond motifs is 5. The molecular weight excluding hydrogens is 484 g/mol. The largest absolute Gasteiger partial charge is 0.298 e. The normalized spacial score (nSPS) is 11.4. The Balaban J connectivity index is 2.03. The summed E-state index contributed by atoms with van der Waals surface area (Å²) in [6, 6.07) is 17.5. The second kappa shape index (κ2) is 8.31. The van der Waals surface area contributed by atoms with E-state index >= 15 is 0 Å². The fourth-order valence-electron chi connectivity index (χ4n) is 5.24. The highest BCUT2D eigenvalue weighted by atomic mass is 16.1. The van der Waals surface area contributed by atoms with Gasteiger partial charge in [0.2, 0.25) is 6.29 Å². The van der Waals surface area contributed by atoms with Gasteiger partial charge in [0.1, 0.15) is 0 Å². The molecule has 0 aromatic heterocycles. The summed E-state index contributed by atoms with van der Waals surface area (Å²) in [6.07, 6.45) is 1.89. The van der Waals surface area contributed by atoms with Crippen LogP contribution < -0.4 is 21.7 Å². The summed E-state index contributed by atoms with van der Waals surface area (Å²) in [5.74, 6) is -0.926. The third-order valence-electron chi connectivity index (χ3n) is 6.91. The molecule has 0 spiro atoms. The molecule has 1 radical (unpaired) electrons. The Morgan fingerprint density at radius 3 is 1.50 bits per heavy atom. The summed E-state index contributed by atoms with van der Waals surface area (Å²) >= 11 is 0. The van der Waals surface area contributed by atoms with Crippen LogP contribution in [0.4, 0.5) is 0 Å². The first-order chi connectivity index (χ1) is 18.4. The van der Waals surface area contributed by atoms with Crippen molar-refractivity contribution in [3.63, 3.8) is 0 Å². The summed E-state index contributed by atoms with van der Waals surface area (Å²) in [7, 11) is 0. The van der Waals surface area contributed by atoms with Crippen LogP contribution in [0.15, 0.2) is 92.0 Å². The van der Waals surface area contributed by atoms with E-state index < -0.39 is 54.8 Å². The Hall–Kier alpha value is -5.43. The van der Waals surface area contributed by atoms with Crippen LogP contribution in [0.3, 0.4) is 0 Å². The molecule has 0 aliphatic rings. The number of rotatable bonds is 4. The number of carbonyl (C=O) groups excluding carboxylic acids is 3. The summed E-state index contributed by atoms with van der Waals surface area (Å²) < 4.78 is 0. The smallest absolute Gasteiger partial charge is 0.234 e. The van der Waals surface area contributed by atoms with E-state index in [1.54, 1.807) is 24.5 Å². The predicted molar refractivity (Wildman–Crippen MR) is 144 cm³/mol. The lowest BCUT2D eigenvalue weighted by Crippen LogP contribution is -2.24. The first-order valence-corrected chi connectivity index (χ1v) is 11.5. The highest BCUT2D eigenvalue weighted by Crippen LogP contribution is 2.30. The molecule has 0 N–H and O–H groups in total. The molecule has 0 bridgehead atoms. The molecule has 0 fully saturated rings. The van der Waals surface area contributed by atoms with E-state index in [-0.39, 0.29) is 44.3 Å². The Morgan fingerprint density at radius 2 is 1.00 bits per heavy atom. The van der Waals surface area contributed by atoms with Crippen LogP contribution in [0.1, 0.15) is 31.8 Å². The highest BCUT2D eigenvalue weighted by molar-refractivity contribution is 6.30. The van der Waals surface area contributed by atoms with Crippen LogP contribution in [0.25, 0.3) is 43.1 Å². The van der Waals surface area contributed by atoms with Gasteiger partial charge in [-0.2, -0.15) is 0 Å². The van der Waals surface area contributed by atoms with Crippen molar-refractivity contribution in [1.82, 2.24) is 0 Å². The second-order valence-corrected chi connectivity index (χ2v) is 8.79. The molecule has 0 saturated carbocycles. The first kappa shape index (κ1) is 23.0. The molecule has 7 heteroatoms. The third kappa shape index (κ3) is 2.93. The van der Waals surface area contributed by atoms with E-state index in [1.807, 2.05) is 0 Å². The van der Waals surface area contributed by atoms with E-state index in [9.17, 15) is 33.6 Å². The minimum Gasteiger partial charge on any atom is -0.298 e. The molecule has 0 atom stereocenters. The minimum absolute atomic E-state index is 0.00283. The minimum atomic E-state index is -0.926. The first-order valence-electron chi connectivity index (χ1n) is 11.5. The standard InChI is InChI=1S/C31H13O7/c32-13-15-7-1-2-8-16(15)27(34)22-21(14-33)23-25(29(36)18-10-4-3-9-17(18)28(23)35)26-24(22)30(37)19-11-5-6-12-20(19)31(26)38/h1-12,14H. The maximum atomic E-state index is 14.0. The van der Waals surface area contributed by atoms with Crippen LogP contribution in [-0.4, -0.2) is 18.4 Å². The molecule has 6 rings (SSSR count). The van der Waals surface area contributed by atoms with Gasteiger partial charge in [-0.3, -0.25) is 33.6 Å². The topological polar surface area (TPSA) is 119 Å². The van der Waals surface area contributed by atoms with E-state index in [4.69, 9.17) is 0 Å². The third-order valence-corrected chi connectivity index (χ3v) is 6.91. The molecule has 7 nitrogen and oxygen atoms in total. The lowest BCUT2D eigenvalue weighted by atomic mass is 9.84. The Labute approximate surface area is 211 Å². The quantitative estimate of drug-likeness (QED) is 0.159. The van der Waals surface area contributed by atoms with Gasteiger partial charge in [-0.15, -0.1) is 0 Å². The zero-order valence-electron chi connectivity index (χ0n) is 19.4. The van der Waals surface area contributed by atoms with Gasteiger partial charge in [-0.1, -0.05) is 72.8 Å². The average Bonchev–Trinajstić information content (AvgIpc) is 2.96. The van der Waals surface area contributed by atoms with Gasteiger partial charge in [0.25, 0.3) is 0 Å². The van der Waals surface area contributed by atoms with E-state index in [0.717, 1.165) is 0 Å². The van der Waals surface area contributed by atoms with Crippen molar-refractivity contribution in [2.24, 2.45) is 0 Å². The van der Waals surface area contributed by atoms with Gasteiger partial charge in [-0.25, -0.2) is 0 Å². The zero-order chi connectivity index (χ0) is 26.7. The van der Waals surface area contributed by atoms with Gasteiger partial charge in [-0.05, 0) is 0 Å². The number of benzene rings is 6. The number of carbonyl (C=O) groups is 2. The van der Waals surface area contributed by atoms with Crippen molar-refractivity contribution < 1.29 is 14.4 Å². The molecule has 0 heterocycles. The van der Waals surface area contributed by atoms with E-state index in [2.05, 4.69) is 0 Å². The molecular formula is C31H13O7.